The molecule has 0 radical (unpaired) electrons. The van der Waals surface area contributed by atoms with E-state index in [2.05, 4.69) is 10.2 Å². The molecule has 184 valence electrons. The molecule has 2 heterocycles. The second-order valence-corrected chi connectivity index (χ2v) is 8.92. The number of ether oxygens (including phenoxy) is 1. The van der Waals surface area contributed by atoms with Gasteiger partial charge in [-0.2, -0.15) is 0 Å². The van der Waals surface area contributed by atoms with Gasteiger partial charge in [0, 0.05) is 43.9 Å². The zero-order valence-corrected chi connectivity index (χ0v) is 20.2. The number of amides is 4. The van der Waals surface area contributed by atoms with Crippen LogP contribution in [0.1, 0.15) is 18.1 Å². The first-order valence-corrected chi connectivity index (χ1v) is 11.6. The second kappa shape index (κ2) is 10.5. The van der Waals surface area contributed by atoms with E-state index in [0.717, 1.165) is 10.5 Å². The zero-order chi connectivity index (χ0) is 25.1. The Morgan fingerprint density at radius 3 is 2.60 bits per heavy atom. The fourth-order valence-electron chi connectivity index (χ4n) is 4.32. The highest BCUT2D eigenvalue weighted by Gasteiger charge is 2.32. The van der Waals surface area contributed by atoms with E-state index < -0.39 is 11.9 Å². The lowest BCUT2D eigenvalue weighted by molar-refractivity contribution is -0.130. The van der Waals surface area contributed by atoms with Gasteiger partial charge < -0.3 is 15.0 Å². The highest BCUT2D eigenvalue weighted by atomic mass is 35.5. The monoisotopic (exact) mass is 500 g/mol. The van der Waals surface area contributed by atoms with Gasteiger partial charge in [-0.1, -0.05) is 23.7 Å². The van der Waals surface area contributed by atoms with Crippen molar-refractivity contribution in [3.8, 4) is 5.75 Å². The van der Waals surface area contributed by atoms with Crippen molar-refractivity contribution >= 4 is 41.2 Å². The zero-order valence-electron chi connectivity index (χ0n) is 19.5. The van der Waals surface area contributed by atoms with Crippen LogP contribution in [0.4, 0.5) is 14.9 Å². The van der Waals surface area contributed by atoms with Gasteiger partial charge in [0.05, 0.1) is 24.4 Å². The summed E-state index contributed by atoms with van der Waals surface area (Å²) in [6.07, 6.45) is 2.99. The minimum absolute atomic E-state index is 0.0356. The summed E-state index contributed by atoms with van der Waals surface area (Å²) in [4.78, 5) is 42.5. The number of carbonyl (C=O) groups is 3. The molecule has 1 atom stereocenters. The predicted molar refractivity (Wildman–Crippen MR) is 131 cm³/mol. The number of methoxy groups -OCH3 is 1. The minimum Gasteiger partial charge on any atom is -0.495 e. The van der Waals surface area contributed by atoms with Crippen molar-refractivity contribution in [2.75, 3.05) is 38.2 Å². The lowest BCUT2D eigenvalue weighted by atomic mass is 10.1. The smallest absolute Gasteiger partial charge is 0.329 e. The molecular weight excluding hydrogens is 475 g/mol. The summed E-state index contributed by atoms with van der Waals surface area (Å²) < 4.78 is 18.4. The number of urea groups is 1. The van der Waals surface area contributed by atoms with Crippen LogP contribution in [0, 0.1) is 5.82 Å². The Balaban J connectivity index is 1.48. The SMILES string of the molecule is COc1cc(C=CC(=O)N2CCN(Cc3ccc(F)cc3)CC2C)c(N2C(=O)CNC2=O)cc1Cl. The van der Waals surface area contributed by atoms with Crippen LogP contribution < -0.4 is 15.0 Å². The van der Waals surface area contributed by atoms with Crippen LogP contribution in [0.3, 0.4) is 0 Å². The number of halogens is 2. The van der Waals surface area contributed by atoms with Crippen molar-refractivity contribution in [3.05, 3.63) is 64.4 Å². The summed E-state index contributed by atoms with van der Waals surface area (Å²) in [6, 6.07) is 8.90. The Kier molecular flexibility index (Phi) is 7.37. The van der Waals surface area contributed by atoms with E-state index in [1.165, 1.54) is 31.4 Å². The molecule has 2 aliphatic heterocycles. The maximum Gasteiger partial charge on any atom is 0.329 e. The van der Waals surface area contributed by atoms with Crippen molar-refractivity contribution in [1.29, 1.82) is 0 Å². The standard InChI is InChI=1S/C25H26ClFN4O4/c1-16-14-29(15-17-3-6-19(27)7-4-17)9-10-30(16)23(32)8-5-18-11-22(35-2)20(26)12-21(18)31-24(33)13-28-25(31)34/h3-8,11-12,16H,9-10,13-15H2,1-2H3,(H,28,34). The molecule has 2 aromatic carbocycles. The summed E-state index contributed by atoms with van der Waals surface area (Å²) in [7, 11) is 1.46. The van der Waals surface area contributed by atoms with Crippen LogP contribution >= 0.6 is 11.6 Å². The van der Waals surface area contributed by atoms with E-state index in [1.54, 1.807) is 29.2 Å². The van der Waals surface area contributed by atoms with Crippen LogP contribution in [0.25, 0.3) is 6.08 Å². The largest absolute Gasteiger partial charge is 0.495 e. The Hall–Kier alpha value is -3.43. The van der Waals surface area contributed by atoms with Crippen molar-refractivity contribution in [2.24, 2.45) is 0 Å². The maximum atomic E-state index is 13.2. The summed E-state index contributed by atoms with van der Waals surface area (Å²) in [6.45, 7) is 4.46. The number of imide groups is 1. The summed E-state index contributed by atoms with van der Waals surface area (Å²) >= 11 is 6.24. The Morgan fingerprint density at radius 2 is 1.97 bits per heavy atom. The summed E-state index contributed by atoms with van der Waals surface area (Å²) in [5.74, 6) is -0.503. The topological polar surface area (TPSA) is 82.2 Å². The molecule has 2 saturated heterocycles. The molecule has 0 saturated carbocycles. The Labute approximate surface area is 207 Å². The van der Waals surface area contributed by atoms with Gasteiger partial charge in [0.15, 0.2) is 0 Å². The van der Waals surface area contributed by atoms with E-state index in [9.17, 15) is 18.8 Å². The average molecular weight is 501 g/mol. The maximum absolute atomic E-state index is 13.2. The van der Waals surface area contributed by atoms with Gasteiger partial charge in [-0.05, 0) is 42.8 Å². The molecule has 1 unspecified atom stereocenters. The van der Waals surface area contributed by atoms with Gasteiger partial charge in [0.25, 0.3) is 5.91 Å². The third kappa shape index (κ3) is 5.47. The predicted octanol–water partition coefficient (Wildman–Crippen LogP) is 3.29. The third-order valence-corrected chi connectivity index (χ3v) is 6.40. The summed E-state index contributed by atoms with van der Waals surface area (Å²) in [5.41, 5.74) is 1.74. The van der Waals surface area contributed by atoms with Gasteiger partial charge in [-0.15, -0.1) is 0 Å². The van der Waals surface area contributed by atoms with E-state index in [4.69, 9.17) is 16.3 Å². The quantitative estimate of drug-likeness (QED) is 0.486. The molecule has 4 amide bonds. The normalized spacial score (nSPS) is 18.9. The fraction of sp³-hybridized carbons (Fsp3) is 0.320. The Morgan fingerprint density at radius 1 is 1.23 bits per heavy atom. The van der Waals surface area contributed by atoms with Gasteiger partial charge in [0.1, 0.15) is 11.6 Å². The van der Waals surface area contributed by atoms with Gasteiger partial charge >= 0.3 is 6.03 Å². The van der Waals surface area contributed by atoms with Crippen molar-refractivity contribution in [3.63, 3.8) is 0 Å². The number of benzene rings is 2. The van der Waals surface area contributed by atoms with Gasteiger partial charge in [-0.25, -0.2) is 14.1 Å². The first kappa shape index (κ1) is 24.7. The number of carbonyl (C=O) groups excluding carboxylic acids is 3. The number of nitrogens with one attached hydrogen (secondary N) is 1. The van der Waals surface area contributed by atoms with Crippen molar-refractivity contribution in [2.45, 2.75) is 19.5 Å². The molecular formula is C25H26ClFN4O4. The lowest BCUT2D eigenvalue weighted by Gasteiger charge is -2.39. The molecule has 2 aromatic rings. The van der Waals surface area contributed by atoms with Crippen LogP contribution in [0.2, 0.25) is 5.02 Å². The molecule has 2 fully saturated rings. The fourth-order valence-corrected chi connectivity index (χ4v) is 4.55. The van der Waals surface area contributed by atoms with Crippen molar-refractivity contribution < 1.29 is 23.5 Å². The molecule has 0 aromatic heterocycles. The van der Waals surface area contributed by atoms with E-state index >= 15 is 0 Å². The van der Waals surface area contributed by atoms with Crippen LogP contribution in [0.15, 0.2) is 42.5 Å². The Bertz CT molecular complexity index is 1150. The molecule has 0 spiro atoms. The first-order chi connectivity index (χ1) is 16.8. The number of hydrogen-bond acceptors (Lipinski definition) is 5. The summed E-state index contributed by atoms with van der Waals surface area (Å²) in [5, 5.41) is 2.72. The van der Waals surface area contributed by atoms with Gasteiger partial charge in [-0.3, -0.25) is 14.5 Å². The molecule has 10 heteroatoms. The molecule has 0 aliphatic carbocycles. The van der Waals surface area contributed by atoms with E-state index in [1.807, 2.05) is 6.92 Å². The van der Waals surface area contributed by atoms with Gasteiger partial charge in [0.2, 0.25) is 5.91 Å². The van der Waals surface area contributed by atoms with Crippen LogP contribution in [0.5, 0.6) is 5.75 Å². The van der Waals surface area contributed by atoms with E-state index in [-0.39, 0.29) is 35.0 Å². The number of rotatable bonds is 6. The lowest BCUT2D eigenvalue weighted by Crippen LogP contribution is -2.53. The highest BCUT2D eigenvalue weighted by molar-refractivity contribution is 6.33. The number of nitrogens with zero attached hydrogens (tertiary/aromatic N) is 3. The van der Waals surface area contributed by atoms with Crippen molar-refractivity contribution in [1.82, 2.24) is 15.1 Å². The van der Waals surface area contributed by atoms with Crippen LogP contribution in [-0.4, -0.2) is 67.0 Å². The van der Waals surface area contributed by atoms with Crippen LogP contribution in [-0.2, 0) is 16.1 Å². The highest BCUT2D eigenvalue weighted by Crippen LogP contribution is 2.35. The first-order valence-electron chi connectivity index (χ1n) is 11.2. The minimum atomic E-state index is -0.553. The number of anilines is 1. The molecule has 2 aliphatic rings. The van der Waals surface area contributed by atoms with E-state index in [0.29, 0.717) is 37.5 Å². The molecule has 1 N–H and O–H groups in total. The average Bonchev–Trinajstić information content (AvgIpc) is 3.17. The number of piperazine rings is 1. The molecule has 35 heavy (non-hydrogen) atoms. The third-order valence-electron chi connectivity index (χ3n) is 6.10. The molecule has 0 bridgehead atoms. The number of hydrogen-bond donors (Lipinski definition) is 1. The second-order valence-electron chi connectivity index (χ2n) is 8.51. The molecule has 4 rings (SSSR count). The molecule has 8 nitrogen and oxygen atoms in total.